The SMILES string of the molecule is Cc1ccnc(N)c1C1CCC(=O)C1C. The Hall–Kier alpha value is -1.38. The highest BCUT2D eigenvalue weighted by Gasteiger charge is 2.34. The number of ketones is 1. The Morgan fingerprint density at radius 2 is 2.27 bits per heavy atom. The van der Waals surface area contributed by atoms with E-state index in [-0.39, 0.29) is 11.8 Å². The van der Waals surface area contributed by atoms with E-state index in [9.17, 15) is 4.79 Å². The minimum atomic E-state index is 0.0928. The predicted octanol–water partition coefficient (Wildman–Crippen LogP) is 2.05. The van der Waals surface area contributed by atoms with Gasteiger partial charge in [-0.15, -0.1) is 0 Å². The van der Waals surface area contributed by atoms with Crippen molar-refractivity contribution in [3.8, 4) is 0 Å². The fraction of sp³-hybridized carbons (Fsp3) is 0.500. The summed E-state index contributed by atoms with van der Waals surface area (Å²) >= 11 is 0. The van der Waals surface area contributed by atoms with E-state index in [4.69, 9.17) is 5.73 Å². The first-order valence-electron chi connectivity index (χ1n) is 5.35. The van der Waals surface area contributed by atoms with Crippen molar-refractivity contribution in [2.75, 3.05) is 5.73 Å². The Morgan fingerprint density at radius 1 is 1.53 bits per heavy atom. The number of carbonyl (C=O) groups excluding carboxylic acids is 1. The summed E-state index contributed by atoms with van der Waals surface area (Å²) in [5, 5.41) is 0. The molecule has 0 aliphatic heterocycles. The lowest BCUT2D eigenvalue weighted by molar-refractivity contribution is -0.120. The largest absolute Gasteiger partial charge is 0.383 e. The highest BCUT2D eigenvalue weighted by atomic mass is 16.1. The van der Waals surface area contributed by atoms with Crippen molar-refractivity contribution in [1.82, 2.24) is 4.98 Å². The van der Waals surface area contributed by atoms with Gasteiger partial charge in [-0.2, -0.15) is 0 Å². The van der Waals surface area contributed by atoms with Crippen molar-refractivity contribution in [3.63, 3.8) is 0 Å². The van der Waals surface area contributed by atoms with Gasteiger partial charge in [0.05, 0.1) is 0 Å². The third-order valence-corrected chi connectivity index (χ3v) is 3.42. The summed E-state index contributed by atoms with van der Waals surface area (Å²) in [5.41, 5.74) is 8.11. The van der Waals surface area contributed by atoms with Crippen LogP contribution in [-0.4, -0.2) is 10.8 Å². The zero-order valence-corrected chi connectivity index (χ0v) is 9.16. The molecule has 1 saturated carbocycles. The number of nitrogens with two attached hydrogens (primary N) is 1. The molecule has 1 heterocycles. The molecule has 1 fully saturated rings. The molecule has 0 amide bonds. The van der Waals surface area contributed by atoms with Crippen LogP contribution in [0.1, 0.15) is 36.8 Å². The minimum Gasteiger partial charge on any atom is -0.383 e. The third kappa shape index (κ3) is 1.62. The number of hydrogen-bond donors (Lipinski definition) is 1. The van der Waals surface area contributed by atoms with Gasteiger partial charge in [-0.25, -0.2) is 4.98 Å². The van der Waals surface area contributed by atoms with Crippen LogP contribution in [0.25, 0.3) is 0 Å². The molecule has 3 heteroatoms. The fourth-order valence-electron chi connectivity index (χ4n) is 2.47. The molecule has 0 spiro atoms. The lowest BCUT2D eigenvalue weighted by atomic mass is 9.87. The van der Waals surface area contributed by atoms with Gasteiger partial charge in [0.25, 0.3) is 0 Å². The van der Waals surface area contributed by atoms with Gasteiger partial charge in [0.2, 0.25) is 0 Å². The smallest absolute Gasteiger partial charge is 0.136 e. The lowest BCUT2D eigenvalue weighted by Crippen LogP contribution is -2.12. The number of nitrogens with zero attached hydrogens (tertiary/aromatic N) is 1. The first kappa shape index (κ1) is 10.1. The highest BCUT2D eigenvalue weighted by Crippen LogP contribution is 2.40. The standard InChI is InChI=1S/C12H16N2O/c1-7-5-6-14-12(13)11(7)9-3-4-10(15)8(9)2/h5-6,8-9H,3-4H2,1-2H3,(H2,13,14). The fourth-order valence-corrected chi connectivity index (χ4v) is 2.47. The molecule has 2 N–H and O–H groups in total. The lowest BCUT2D eigenvalue weighted by Gasteiger charge is -2.18. The zero-order chi connectivity index (χ0) is 11.0. The average Bonchev–Trinajstić information content (AvgIpc) is 2.49. The van der Waals surface area contributed by atoms with Crippen LogP contribution in [-0.2, 0) is 4.79 Å². The number of hydrogen-bond acceptors (Lipinski definition) is 3. The maximum absolute atomic E-state index is 11.5. The van der Waals surface area contributed by atoms with E-state index in [2.05, 4.69) is 4.98 Å². The van der Waals surface area contributed by atoms with Crippen molar-refractivity contribution in [2.45, 2.75) is 32.6 Å². The van der Waals surface area contributed by atoms with Gasteiger partial charge in [0.15, 0.2) is 0 Å². The second-order valence-electron chi connectivity index (χ2n) is 4.33. The van der Waals surface area contributed by atoms with Crippen LogP contribution in [0.15, 0.2) is 12.3 Å². The molecule has 3 nitrogen and oxygen atoms in total. The Labute approximate surface area is 89.7 Å². The third-order valence-electron chi connectivity index (χ3n) is 3.42. The molecule has 1 aliphatic rings. The number of nitrogen functional groups attached to an aromatic ring is 1. The summed E-state index contributed by atoms with van der Waals surface area (Å²) < 4.78 is 0. The minimum absolute atomic E-state index is 0.0928. The summed E-state index contributed by atoms with van der Waals surface area (Å²) in [6.45, 7) is 4.02. The van der Waals surface area contributed by atoms with Gasteiger partial charge in [0.1, 0.15) is 11.6 Å². The maximum atomic E-state index is 11.5. The molecule has 0 saturated heterocycles. The normalized spacial score (nSPS) is 25.9. The van der Waals surface area contributed by atoms with Crippen LogP contribution in [0.5, 0.6) is 0 Å². The van der Waals surface area contributed by atoms with Crippen molar-refractivity contribution in [3.05, 3.63) is 23.4 Å². The van der Waals surface area contributed by atoms with E-state index in [1.165, 1.54) is 0 Å². The number of rotatable bonds is 1. The summed E-state index contributed by atoms with van der Waals surface area (Å²) in [6.07, 6.45) is 3.31. The van der Waals surface area contributed by atoms with Crippen molar-refractivity contribution in [2.24, 2.45) is 5.92 Å². The molecule has 15 heavy (non-hydrogen) atoms. The van der Waals surface area contributed by atoms with Crippen LogP contribution in [0.4, 0.5) is 5.82 Å². The predicted molar refractivity (Wildman–Crippen MR) is 59.5 cm³/mol. The van der Waals surface area contributed by atoms with Crippen LogP contribution < -0.4 is 5.73 Å². The number of anilines is 1. The number of pyridine rings is 1. The van der Waals surface area contributed by atoms with Gasteiger partial charge in [-0.1, -0.05) is 6.92 Å². The maximum Gasteiger partial charge on any atom is 0.136 e. The summed E-state index contributed by atoms with van der Waals surface area (Å²) in [6, 6.07) is 1.96. The molecular formula is C12H16N2O. The molecule has 1 aliphatic carbocycles. The zero-order valence-electron chi connectivity index (χ0n) is 9.16. The molecule has 2 unspecified atom stereocenters. The van der Waals surface area contributed by atoms with Crippen LogP contribution in [0.3, 0.4) is 0 Å². The van der Waals surface area contributed by atoms with E-state index >= 15 is 0 Å². The van der Waals surface area contributed by atoms with E-state index in [0.717, 1.165) is 17.5 Å². The molecule has 2 rings (SSSR count). The van der Waals surface area contributed by atoms with Crippen molar-refractivity contribution < 1.29 is 4.79 Å². The second kappa shape index (κ2) is 3.65. The molecular weight excluding hydrogens is 188 g/mol. The number of carbonyl (C=O) groups is 1. The molecule has 80 valence electrons. The van der Waals surface area contributed by atoms with Crippen LogP contribution in [0.2, 0.25) is 0 Å². The Morgan fingerprint density at radius 3 is 2.80 bits per heavy atom. The molecule has 2 atom stereocenters. The van der Waals surface area contributed by atoms with Gasteiger partial charge < -0.3 is 5.73 Å². The topological polar surface area (TPSA) is 56.0 Å². The average molecular weight is 204 g/mol. The second-order valence-corrected chi connectivity index (χ2v) is 4.33. The van der Waals surface area contributed by atoms with Gasteiger partial charge in [-0.05, 0) is 30.9 Å². The molecule has 0 bridgehead atoms. The highest BCUT2D eigenvalue weighted by molar-refractivity contribution is 5.84. The van der Waals surface area contributed by atoms with Crippen molar-refractivity contribution >= 4 is 11.6 Å². The Kier molecular flexibility index (Phi) is 2.47. The molecule has 0 radical (unpaired) electrons. The first-order chi connectivity index (χ1) is 7.11. The summed E-state index contributed by atoms with van der Waals surface area (Å²) in [5.74, 6) is 1.30. The Bertz CT molecular complexity index is 380. The van der Waals surface area contributed by atoms with Gasteiger partial charge in [-0.3, -0.25) is 4.79 Å². The first-order valence-corrected chi connectivity index (χ1v) is 5.35. The number of Topliss-reactive ketones (excluding diaryl/α,β-unsaturated/α-hetero) is 1. The summed E-state index contributed by atoms with van der Waals surface area (Å²) in [4.78, 5) is 15.6. The van der Waals surface area contributed by atoms with E-state index in [1.807, 2.05) is 19.9 Å². The van der Waals surface area contributed by atoms with E-state index in [1.54, 1.807) is 6.20 Å². The van der Waals surface area contributed by atoms with E-state index in [0.29, 0.717) is 18.0 Å². The molecule has 1 aromatic heterocycles. The summed E-state index contributed by atoms with van der Waals surface area (Å²) in [7, 11) is 0. The van der Waals surface area contributed by atoms with Gasteiger partial charge in [0, 0.05) is 24.1 Å². The van der Waals surface area contributed by atoms with Gasteiger partial charge >= 0.3 is 0 Å². The monoisotopic (exact) mass is 204 g/mol. The number of aromatic nitrogens is 1. The number of aryl methyl sites for hydroxylation is 1. The Balaban J connectivity index is 2.42. The quantitative estimate of drug-likeness (QED) is 0.761. The van der Waals surface area contributed by atoms with Crippen LogP contribution >= 0.6 is 0 Å². The molecule has 0 aromatic carbocycles. The molecule has 1 aromatic rings. The van der Waals surface area contributed by atoms with Crippen LogP contribution in [0, 0.1) is 12.8 Å². The van der Waals surface area contributed by atoms with Crippen molar-refractivity contribution in [1.29, 1.82) is 0 Å². The van der Waals surface area contributed by atoms with E-state index < -0.39 is 0 Å².